The van der Waals surface area contributed by atoms with Gasteiger partial charge in [0, 0.05) is 25.0 Å². The van der Waals surface area contributed by atoms with Crippen LogP contribution in [0.15, 0.2) is 35.4 Å². The molecule has 1 aromatic carbocycles. The van der Waals surface area contributed by atoms with Crippen LogP contribution >= 0.6 is 23.2 Å². The Bertz CT molecular complexity index is 993. The number of sulfonamides is 1. The van der Waals surface area contributed by atoms with Crippen molar-refractivity contribution in [3.05, 3.63) is 46.1 Å². The lowest BCUT2D eigenvalue weighted by Gasteiger charge is -2.19. The van der Waals surface area contributed by atoms with Gasteiger partial charge in [-0.2, -0.15) is 4.31 Å². The first kappa shape index (κ1) is 23.4. The van der Waals surface area contributed by atoms with Gasteiger partial charge in [0.25, 0.3) is 5.91 Å². The van der Waals surface area contributed by atoms with Crippen molar-refractivity contribution in [3.8, 4) is 5.88 Å². The zero-order chi connectivity index (χ0) is 21.8. The number of aromatic nitrogens is 1. The molecule has 0 saturated heterocycles. The van der Waals surface area contributed by atoms with Crippen molar-refractivity contribution in [1.29, 1.82) is 0 Å². The van der Waals surface area contributed by atoms with Gasteiger partial charge in [0.15, 0.2) is 0 Å². The minimum Gasteiger partial charge on any atom is -0.474 e. The van der Waals surface area contributed by atoms with Crippen molar-refractivity contribution in [2.45, 2.75) is 38.7 Å². The molecule has 2 aromatic rings. The Kier molecular flexibility index (Phi) is 7.87. The van der Waals surface area contributed by atoms with Gasteiger partial charge in [-0.15, -0.1) is 0 Å². The zero-order valence-corrected chi connectivity index (χ0v) is 18.9. The molecule has 7 nitrogen and oxygen atoms in total. The van der Waals surface area contributed by atoms with Crippen LogP contribution < -0.4 is 10.1 Å². The number of nitrogens with one attached hydrogen (secondary N) is 1. The first-order valence-corrected chi connectivity index (χ1v) is 11.2. The number of nitrogens with zero attached hydrogens (tertiary/aromatic N) is 2. The molecular formula is C19H23Cl2N3O4S. The van der Waals surface area contributed by atoms with Crippen LogP contribution in [0, 0.1) is 0 Å². The first-order chi connectivity index (χ1) is 13.6. The smallest absolute Gasteiger partial charge is 0.257 e. The molecule has 1 aromatic heterocycles. The Hall–Kier alpha value is -1.87. The van der Waals surface area contributed by atoms with Crippen molar-refractivity contribution in [1.82, 2.24) is 9.29 Å². The van der Waals surface area contributed by atoms with Crippen molar-refractivity contribution in [3.63, 3.8) is 0 Å². The second-order valence-corrected chi connectivity index (χ2v) is 9.09. The maximum Gasteiger partial charge on any atom is 0.257 e. The molecule has 0 aliphatic rings. The molecule has 29 heavy (non-hydrogen) atoms. The number of rotatable bonds is 8. The van der Waals surface area contributed by atoms with E-state index in [2.05, 4.69) is 10.3 Å². The minimum absolute atomic E-state index is 0.0718. The number of anilines is 1. The SMILES string of the molecule is CCN(CC)S(=O)(=O)c1cc(NC(=O)c2cnc(OC(C)C)c(Cl)c2)ccc1Cl. The summed E-state index contributed by atoms with van der Waals surface area (Å²) in [5, 5.41) is 2.92. The molecule has 1 heterocycles. The Labute approximate surface area is 181 Å². The van der Waals surface area contributed by atoms with Gasteiger partial charge in [-0.25, -0.2) is 13.4 Å². The molecule has 0 bridgehead atoms. The highest BCUT2D eigenvalue weighted by atomic mass is 35.5. The van der Waals surface area contributed by atoms with Crippen LogP contribution in [0.25, 0.3) is 0 Å². The lowest BCUT2D eigenvalue weighted by Crippen LogP contribution is -2.30. The third-order valence-electron chi connectivity index (χ3n) is 3.93. The van der Waals surface area contributed by atoms with E-state index in [-0.39, 0.29) is 38.2 Å². The fraction of sp³-hybridized carbons (Fsp3) is 0.368. The van der Waals surface area contributed by atoms with Crippen LogP contribution in [0.4, 0.5) is 5.69 Å². The largest absolute Gasteiger partial charge is 0.474 e. The lowest BCUT2D eigenvalue weighted by molar-refractivity contribution is 0.102. The average molecular weight is 460 g/mol. The quantitative estimate of drug-likeness (QED) is 0.629. The summed E-state index contributed by atoms with van der Waals surface area (Å²) in [5.74, 6) is -0.263. The summed E-state index contributed by atoms with van der Waals surface area (Å²) in [5.41, 5.74) is 0.484. The van der Waals surface area contributed by atoms with Crippen molar-refractivity contribution in [2.75, 3.05) is 18.4 Å². The molecule has 2 rings (SSSR count). The number of carbonyl (C=O) groups is 1. The van der Waals surface area contributed by atoms with Gasteiger partial charge in [0.05, 0.1) is 16.7 Å². The molecule has 10 heteroatoms. The van der Waals surface area contributed by atoms with E-state index in [9.17, 15) is 13.2 Å². The molecule has 0 aliphatic carbocycles. The third kappa shape index (κ3) is 5.60. The highest BCUT2D eigenvalue weighted by Gasteiger charge is 2.25. The van der Waals surface area contributed by atoms with Gasteiger partial charge in [0.1, 0.15) is 9.92 Å². The molecule has 0 aliphatic heterocycles. The number of halogens is 2. The van der Waals surface area contributed by atoms with Crippen molar-refractivity contribution in [2.24, 2.45) is 0 Å². The van der Waals surface area contributed by atoms with Crippen LogP contribution in [0.3, 0.4) is 0 Å². The van der Waals surface area contributed by atoms with Gasteiger partial charge < -0.3 is 10.1 Å². The van der Waals surface area contributed by atoms with Crippen LogP contribution in [0.1, 0.15) is 38.1 Å². The molecule has 0 radical (unpaired) electrons. The highest BCUT2D eigenvalue weighted by molar-refractivity contribution is 7.89. The number of benzene rings is 1. The van der Waals surface area contributed by atoms with E-state index in [1.54, 1.807) is 13.8 Å². The van der Waals surface area contributed by atoms with Gasteiger partial charge in [0.2, 0.25) is 15.9 Å². The Morgan fingerprint density at radius 2 is 1.83 bits per heavy atom. The molecule has 1 amide bonds. The first-order valence-electron chi connectivity index (χ1n) is 9.03. The summed E-state index contributed by atoms with van der Waals surface area (Å²) in [4.78, 5) is 16.5. The molecule has 1 N–H and O–H groups in total. The van der Waals surface area contributed by atoms with E-state index in [0.29, 0.717) is 13.1 Å². The molecule has 0 atom stereocenters. The summed E-state index contributed by atoms with van der Waals surface area (Å²) < 4.78 is 32.3. The van der Waals surface area contributed by atoms with Gasteiger partial charge in [-0.05, 0) is 38.1 Å². The normalized spacial score (nSPS) is 11.7. The maximum atomic E-state index is 12.8. The number of carbonyl (C=O) groups excluding carboxylic acids is 1. The minimum atomic E-state index is -3.78. The summed E-state index contributed by atoms with van der Waals surface area (Å²) in [6.07, 6.45) is 1.22. The Balaban J connectivity index is 2.29. The van der Waals surface area contributed by atoms with E-state index < -0.39 is 15.9 Å². The molecule has 0 unspecified atom stereocenters. The standard InChI is InChI=1S/C19H23Cl2N3O4S/c1-5-24(6-2)29(26,27)17-10-14(7-8-15(17)20)23-18(25)13-9-16(21)19(22-11-13)28-12(3)4/h7-12H,5-6H2,1-4H3,(H,23,25). The van der Waals surface area contributed by atoms with E-state index in [1.165, 1.54) is 34.8 Å². The summed E-state index contributed by atoms with van der Waals surface area (Å²) in [7, 11) is -3.78. The second kappa shape index (κ2) is 9.75. The van der Waals surface area contributed by atoms with Crippen LogP contribution in [-0.2, 0) is 10.0 Å². The fourth-order valence-corrected chi connectivity index (χ4v) is 4.71. The summed E-state index contributed by atoms with van der Waals surface area (Å²) >= 11 is 12.2. The number of ether oxygens (including phenoxy) is 1. The highest BCUT2D eigenvalue weighted by Crippen LogP contribution is 2.28. The molecule has 0 saturated carbocycles. The van der Waals surface area contributed by atoms with Crippen molar-refractivity contribution >= 4 is 44.8 Å². The predicted molar refractivity (Wildman–Crippen MR) is 115 cm³/mol. The molecular weight excluding hydrogens is 437 g/mol. The fourth-order valence-electron chi connectivity index (χ4n) is 2.54. The zero-order valence-electron chi connectivity index (χ0n) is 16.6. The van der Waals surface area contributed by atoms with E-state index in [4.69, 9.17) is 27.9 Å². The summed E-state index contributed by atoms with van der Waals surface area (Å²) in [6.45, 7) is 7.77. The van der Waals surface area contributed by atoms with Crippen LogP contribution in [0.5, 0.6) is 5.88 Å². The molecule has 158 valence electrons. The predicted octanol–water partition coefficient (Wildman–Crippen LogP) is 4.46. The molecule has 0 fully saturated rings. The third-order valence-corrected chi connectivity index (χ3v) is 6.73. The number of pyridine rings is 1. The van der Waals surface area contributed by atoms with Gasteiger partial charge >= 0.3 is 0 Å². The Morgan fingerprint density at radius 3 is 2.38 bits per heavy atom. The van der Waals surface area contributed by atoms with Gasteiger partial charge in [-0.3, -0.25) is 4.79 Å². The van der Waals surface area contributed by atoms with Crippen molar-refractivity contribution < 1.29 is 17.9 Å². The van der Waals surface area contributed by atoms with Crippen LogP contribution in [-0.4, -0.2) is 42.8 Å². The van der Waals surface area contributed by atoms with E-state index in [1.807, 2.05) is 13.8 Å². The number of hydrogen-bond acceptors (Lipinski definition) is 5. The lowest BCUT2D eigenvalue weighted by atomic mass is 10.2. The topological polar surface area (TPSA) is 88.6 Å². The number of hydrogen-bond donors (Lipinski definition) is 1. The Morgan fingerprint density at radius 1 is 1.17 bits per heavy atom. The van der Waals surface area contributed by atoms with E-state index >= 15 is 0 Å². The van der Waals surface area contributed by atoms with Crippen LogP contribution in [0.2, 0.25) is 10.0 Å². The monoisotopic (exact) mass is 459 g/mol. The average Bonchev–Trinajstić information content (AvgIpc) is 2.65. The second-order valence-electron chi connectivity index (χ2n) is 6.37. The molecule has 0 spiro atoms. The maximum absolute atomic E-state index is 12.8. The number of amides is 1. The van der Waals surface area contributed by atoms with E-state index in [0.717, 1.165) is 0 Å². The summed E-state index contributed by atoms with van der Waals surface area (Å²) in [6, 6.07) is 5.72. The van der Waals surface area contributed by atoms with Gasteiger partial charge in [-0.1, -0.05) is 37.0 Å².